The average molecular weight is 380 g/mol. The second-order valence-corrected chi connectivity index (χ2v) is 7.50. The Kier molecular flexibility index (Phi) is 5.53. The van der Waals surface area contributed by atoms with E-state index in [2.05, 4.69) is 53.2 Å². The van der Waals surface area contributed by atoms with Crippen LogP contribution in [0, 0.1) is 12.3 Å². The molecule has 7 heteroatoms. The van der Waals surface area contributed by atoms with Gasteiger partial charge in [-0.2, -0.15) is 5.10 Å². The van der Waals surface area contributed by atoms with Crippen LogP contribution in [0.2, 0.25) is 0 Å². The fraction of sp³-hybridized carbons (Fsp3) is 0.381. The summed E-state index contributed by atoms with van der Waals surface area (Å²) in [7, 11) is 3.94. The highest BCUT2D eigenvalue weighted by atomic mass is 15.2. The Morgan fingerprint density at radius 2 is 2.04 bits per heavy atom. The molecule has 0 bridgehead atoms. The summed E-state index contributed by atoms with van der Waals surface area (Å²) in [5.74, 6) is 0. The highest BCUT2D eigenvalue weighted by Crippen LogP contribution is 2.33. The molecule has 7 nitrogen and oxygen atoms in total. The predicted octanol–water partition coefficient (Wildman–Crippen LogP) is 3.95. The molecule has 0 spiro atoms. The van der Waals surface area contributed by atoms with E-state index in [9.17, 15) is 0 Å². The lowest BCUT2D eigenvalue weighted by Gasteiger charge is -2.20. The average Bonchev–Trinajstić information content (AvgIpc) is 3.19. The third-order valence-electron chi connectivity index (χ3n) is 4.71. The second kappa shape index (κ2) is 7.88. The first-order chi connectivity index (χ1) is 13.3. The van der Waals surface area contributed by atoms with Crippen molar-refractivity contribution in [2.75, 3.05) is 10.6 Å². The number of anilines is 2. The third kappa shape index (κ3) is 4.08. The molecule has 148 valence electrons. The molecule has 3 aromatic rings. The van der Waals surface area contributed by atoms with Crippen LogP contribution in [0.25, 0.3) is 11.3 Å². The number of pyridine rings is 1. The number of nitrogens with zero attached hydrogens (tertiary/aromatic N) is 4. The first-order valence-corrected chi connectivity index (χ1v) is 9.47. The van der Waals surface area contributed by atoms with Crippen LogP contribution in [0.3, 0.4) is 0 Å². The number of hydrogen-bond donors (Lipinski definition) is 3. The summed E-state index contributed by atoms with van der Waals surface area (Å²) in [5.41, 5.74) is 7.08. The van der Waals surface area contributed by atoms with Crippen LogP contribution in [-0.2, 0) is 20.6 Å². The summed E-state index contributed by atoms with van der Waals surface area (Å²) in [6, 6.07) is 4.36. The zero-order valence-electron chi connectivity index (χ0n) is 17.5. The van der Waals surface area contributed by atoms with Gasteiger partial charge < -0.3 is 20.6 Å². The fourth-order valence-electron chi connectivity index (χ4n) is 3.17. The summed E-state index contributed by atoms with van der Waals surface area (Å²) < 4.78 is 3.87. The Morgan fingerprint density at radius 1 is 1.29 bits per heavy atom. The van der Waals surface area contributed by atoms with Crippen LogP contribution in [0.15, 0.2) is 30.7 Å². The molecule has 0 saturated carbocycles. The van der Waals surface area contributed by atoms with Crippen molar-refractivity contribution in [3.8, 4) is 11.3 Å². The first kappa shape index (κ1) is 19.7. The molecule has 0 saturated heterocycles. The van der Waals surface area contributed by atoms with Crippen molar-refractivity contribution in [1.29, 1.82) is 5.41 Å². The molecule has 3 heterocycles. The van der Waals surface area contributed by atoms with Crippen molar-refractivity contribution < 1.29 is 0 Å². The lowest BCUT2D eigenvalue weighted by atomic mass is 10.1. The van der Waals surface area contributed by atoms with Gasteiger partial charge in [-0.15, -0.1) is 0 Å². The summed E-state index contributed by atoms with van der Waals surface area (Å²) in [6.07, 6.45) is 5.88. The minimum Gasteiger partial charge on any atom is -0.379 e. The molecule has 3 aromatic heterocycles. The number of aryl methyl sites for hydroxylation is 2. The summed E-state index contributed by atoms with van der Waals surface area (Å²) >= 11 is 0. The zero-order chi connectivity index (χ0) is 20.4. The minimum absolute atomic E-state index is 0.225. The SMILES string of the molecule is CC(=N)c1nc(-c2ccn(C)c2C)cc(NCc2cnn(C)c2)c1NC(C)C. The highest BCUT2D eigenvalue weighted by molar-refractivity contribution is 6.03. The topological polar surface area (TPSA) is 83.6 Å². The molecule has 3 N–H and O–H groups in total. The van der Waals surface area contributed by atoms with Crippen molar-refractivity contribution in [3.63, 3.8) is 0 Å². The van der Waals surface area contributed by atoms with Crippen molar-refractivity contribution >= 4 is 17.1 Å². The van der Waals surface area contributed by atoms with Crippen LogP contribution in [0.1, 0.15) is 37.7 Å². The van der Waals surface area contributed by atoms with Gasteiger partial charge in [0.05, 0.1) is 29.0 Å². The second-order valence-electron chi connectivity index (χ2n) is 7.50. The number of nitrogens with one attached hydrogen (secondary N) is 3. The number of hydrogen-bond acceptors (Lipinski definition) is 5. The molecule has 28 heavy (non-hydrogen) atoms. The van der Waals surface area contributed by atoms with Gasteiger partial charge in [-0.3, -0.25) is 4.68 Å². The van der Waals surface area contributed by atoms with E-state index in [1.54, 1.807) is 11.6 Å². The van der Waals surface area contributed by atoms with Gasteiger partial charge in [-0.05, 0) is 39.8 Å². The Bertz CT molecular complexity index is 994. The van der Waals surface area contributed by atoms with Crippen molar-refractivity contribution in [2.45, 2.75) is 40.3 Å². The Hall–Kier alpha value is -3.09. The van der Waals surface area contributed by atoms with E-state index < -0.39 is 0 Å². The van der Waals surface area contributed by atoms with Gasteiger partial charge in [-0.1, -0.05) is 0 Å². The van der Waals surface area contributed by atoms with E-state index in [-0.39, 0.29) is 6.04 Å². The van der Waals surface area contributed by atoms with E-state index in [4.69, 9.17) is 10.4 Å². The van der Waals surface area contributed by atoms with E-state index >= 15 is 0 Å². The van der Waals surface area contributed by atoms with Crippen LogP contribution >= 0.6 is 0 Å². The third-order valence-corrected chi connectivity index (χ3v) is 4.71. The van der Waals surface area contributed by atoms with Crippen molar-refractivity contribution in [1.82, 2.24) is 19.3 Å². The predicted molar refractivity (Wildman–Crippen MR) is 115 cm³/mol. The van der Waals surface area contributed by atoms with Crippen LogP contribution in [0.5, 0.6) is 0 Å². The van der Waals surface area contributed by atoms with Crippen LogP contribution in [-0.4, -0.2) is 31.1 Å². The molecule has 0 amide bonds. The van der Waals surface area contributed by atoms with Gasteiger partial charge in [0.15, 0.2) is 0 Å². The molecule has 0 fully saturated rings. The van der Waals surface area contributed by atoms with E-state index in [1.165, 1.54) is 0 Å². The number of aromatic nitrogens is 4. The van der Waals surface area contributed by atoms with Gasteiger partial charge in [-0.25, -0.2) is 4.98 Å². The van der Waals surface area contributed by atoms with Gasteiger partial charge in [0, 0.05) is 55.9 Å². The van der Waals surface area contributed by atoms with Gasteiger partial charge in [0.1, 0.15) is 5.69 Å². The molecule has 0 radical (unpaired) electrons. The van der Waals surface area contributed by atoms with Crippen molar-refractivity contribution in [2.24, 2.45) is 14.1 Å². The smallest absolute Gasteiger partial charge is 0.109 e. The molecular formula is C21H29N7. The molecule has 0 atom stereocenters. The lowest BCUT2D eigenvalue weighted by Crippen LogP contribution is -2.17. The Morgan fingerprint density at radius 3 is 2.57 bits per heavy atom. The normalized spacial score (nSPS) is 11.1. The largest absolute Gasteiger partial charge is 0.379 e. The highest BCUT2D eigenvalue weighted by Gasteiger charge is 2.18. The number of rotatable bonds is 7. The minimum atomic E-state index is 0.225. The van der Waals surface area contributed by atoms with Crippen LogP contribution in [0.4, 0.5) is 11.4 Å². The molecule has 0 aromatic carbocycles. The quantitative estimate of drug-likeness (QED) is 0.543. The van der Waals surface area contributed by atoms with E-state index in [1.807, 2.05) is 32.7 Å². The lowest BCUT2D eigenvalue weighted by molar-refractivity contribution is 0.767. The maximum Gasteiger partial charge on any atom is 0.109 e. The maximum absolute atomic E-state index is 8.29. The van der Waals surface area contributed by atoms with E-state index in [0.29, 0.717) is 18.0 Å². The monoisotopic (exact) mass is 379 g/mol. The molecule has 0 aliphatic heterocycles. The first-order valence-electron chi connectivity index (χ1n) is 9.47. The Balaban J connectivity index is 2.08. The molecule has 3 rings (SSSR count). The Labute approximate surface area is 166 Å². The molecule has 0 unspecified atom stereocenters. The molecule has 0 aliphatic rings. The summed E-state index contributed by atoms with van der Waals surface area (Å²) in [6.45, 7) is 8.68. The standard InChI is InChI=1S/C21H29N7/c1-13(2)25-21-19(23-10-16-11-24-28(6)12-16)9-18(26-20(21)14(3)22)17-7-8-27(5)15(17)4/h7-9,11-13,22,25H,10H2,1-6H3,(H,23,26). The molecular weight excluding hydrogens is 350 g/mol. The van der Waals surface area contributed by atoms with Crippen molar-refractivity contribution in [3.05, 3.63) is 47.7 Å². The van der Waals surface area contributed by atoms with E-state index in [0.717, 1.165) is 33.9 Å². The van der Waals surface area contributed by atoms with Gasteiger partial charge >= 0.3 is 0 Å². The fourth-order valence-corrected chi connectivity index (χ4v) is 3.17. The molecule has 0 aliphatic carbocycles. The van der Waals surface area contributed by atoms with Crippen LogP contribution < -0.4 is 10.6 Å². The zero-order valence-corrected chi connectivity index (χ0v) is 17.5. The summed E-state index contributed by atoms with van der Waals surface area (Å²) in [5, 5.41) is 19.5. The van der Waals surface area contributed by atoms with Gasteiger partial charge in [0.25, 0.3) is 0 Å². The maximum atomic E-state index is 8.29. The van der Waals surface area contributed by atoms with Gasteiger partial charge in [0.2, 0.25) is 0 Å². The summed E-state index contributed by atoms with van der Waals surface area (Å²) in [4.78, 5) is 4.83.